The monoisotopic (exact) mass is 1030 g/mol. The van der Waals surface area contributed by atoms with Crippen LogP contribution in [0.5, 0.6) is 0 Å². The zero-order valence-corrected chi connectivity index (χ0v) is 41.5. The van der Waals surface area contributed by atoms with Crippen LogP contribution < -0.4 is 0 Å². The zero-order valence-electron chi connectivity index (χ0n) is 41.5. The molecule has 73 heavy (non-hydrogen) atoms. The van der Waals surface area contributed by atoms with Gasteiger partial charge in [-0.25, -0.2) is 9.59 Å². The van der Waals surface area contributed by atoms with Gasteiger partial charge in [0.25, 0.3) is 0 Å². The van der Waals surface area contributed by atoms with E-state index >= 15 is 0 Å². The number of aliphatic hydroxyl groups excluding tert-OH is 1. The van der Waals surface area contributed by atoms with E-state index in [1.54, 1.807) is 57.2 Å². The molecule has 1 N–H and O–H groups in total. The van der Waals surface area contributed by atoms with Crippen LogP contribution in [-0.4, -0.2) is 177 Å². The number of fused-ring (bicyclic) bond motifs is 1. The molecule has 0 aliphatic carbocycles. The molecular weight excluding hydrogens is 973 g/mol. The van der Waals surface area contributed by atoms with Crippen molar-refractivity contribution >= 4 is 41.8 Å². The van der Waals surface area contributed by atoms with Gasteiger partial charge in [-0.1, -0.05) is 36.4 Å². The molecule has 17 atom stereocenters. The minimum Gasteiger partial charge on any atom is -0.461 e. The third-order valence-electron chi connectivity index (χ3n) is 12.1. The topological polar surface area (TPSA) is 287 Å². The fraction of sp³-hybridized carbons (Fsp3) is 0.612. The molecule has 0 amide bonds. The van der Waals surface area contributed by atoms with E-state index in [2.05, 4.69) is 0 Å². The van der Waals surface area contributed by atoms with Crippen LogP contribution in [0.3, 0.4) is 0 Å². The molecule has 2 aromatic carbocycles. The average Bonchev–Trinajstić information content (AvgIpc) is 3.83. The number of ether oxygens (including phenoxy) is 16. The SMILES string of the molecule is CC(=O)OC[C@@]1(OC(C)=O)CO[C@@H](O[C@@H]2[C@@H](OC(=O)c3ccccc3)[C@H](O[C@@H]3[C@@H](OC(C)=O)[C@@H](OC(C)=O)[C@H](O[C@@H]4[C@H]5OC(C)(C)O[C@H]5[C@@H](C)O[C@@H]4O)O[C@H]3C)OC[C@H]2OC(=O)c2ccccc2)[C@@H]1OC(C)=O. The highest BCUT2D eigenvalue weighted by Gasteiger charge is 2.62. The minimum atomic E-state index is -2.00. The lowest BCUT2D eigenvalue weighted by atomic mass is 9.96. The Morgan fingerprint density at radius 1 is 0.562 bits per heavy atom. The van der Waals surface area contributed by atoms with Gasteiger partial charge in [0.05, 0.1) is 36.5 Å². The Morgan fingerprint density at radius 2 is 1.11 bits per heavy atom. The van der Waals surface area contributed by atoms with Gasteiger partial charge in [0.1, 0.15) is 37.1 Å². The number of hydrogen-bond acceptors (Lipinski definition) is 24. The Bertz CT molecular complexity index is 2290. The van der Waals surface area contributed by atoms with Crippen molar-refractivity contribution in [2.75, 3.05) is 19.8 Å². The van der Waals surface area contributed by atoms with E-state index in [1.807, 2.05) is 0 Å². The predicted molar refractivity (Wildman–Crippen MR) is 238 cm³/mol. The number of benzene rings is 2. The van der Waals surface area contributed by atoms with Crippen LogP contribution in [0.2, 0.25) is 0 Å². The van der Waals surface area contributed by atoms with Gasteiger partial charge < -0.3 is 80.9 Å². The van der Waals surface area contributed by atoms with Crippen LogP contribution in [-0.2, 0) is 99.8 Å². The summed E-state index contributed by atoms with van der Waals surface area (Å²) in [6.07, 6.45) is -23.0. The molecule has 5 aliphatic heterocycles. The van der Waals surface area contributed by atoms with Crippen molar-refractivity contribution in [1.82, 2.24) is 0 Å². The van der Waals surface area contributed by atoms with Crippen LogP contribution in [0, 0.1) is 0 Å². The molecule has 24 heteroatoms. The molecular formula is C49H60O24. The summed E-state index contributed by atoms with van der Waals surface area (Å²) in [5, 5.41) is 11.2. The van der Waals surface area contributed by atoms with E-state index in [4.69, 9.17) is 75.8 Å². The molecule has 2 aromatic rings. The van der Waals surface area contributed by atoms with Crippen molar-refractivity contribution in [3.8, 4) is 0 Å². The summed E-state index contributed by atoms with van der Waals surface area (Å²) in [7, 11) is 0. The van der Waals surface area contributed by atoms with Crippen LogP contribution in [0.1, 0.15) is 83.0 Å². The van der Waals surface area contributed by atoms with E-state index in [0.717, 1.165) is 34.6 Å². The maximum atomic E-state index is 14.2. The van der Waals surface area contributed by atoms with Gasteiger partial charge in [0, 0.05) is 34.6 Å². The largest absolute Gasteiger partial charge is 0.461 e. The Kier molecular flexibility index (Phi) is 17.6. The smallest absolute Gasteiger partial charge is 0.338 e. The summed E-state index contributed by atoms with van der Waals surface area (Å²) in [6, 6.07) is 15.5. The van der Waals surface area contributed by atoms with E-state index in [-0.39, 0.29) is 11.1 Å². The van der Waals surface area contributed by atoms with Gasteiger partial charge in [0.2, 0.25) is 5.60 Å². The number of aliphatic hydroxyl groups is 1. The van der Waals surface area contributed by atoms with Gasteiger partial charge in [0.15, 0.2) is 61.5 Å². The van der Waals surface area contributed by atoms with E-state index in [0.29, 0.717) is 0 Å². The maximum absolute atomic E-state index is 14.2. The highest BCUT2D eigenvalue weighted by atomic mass is 16.8. The molecule has 5 aliphatic rings. The molecule has 5 fully saturated rings. The first kappa shape index (κ1) is 55.1. The Hall–Kier alpha value is -5.67. The lowest BCUT2D eigenvalue weighted by Crippen LogP contribution is -2.66. The van der Waals surface area contributed by atoms with Crippen molar-refractivity contribution in [2.24, 2.45) is 0 Å². The lowest BCUT2D eigenvalue weighted by Gasteiger charge is -2.48. The van der Waals surface area contributed by atoms with Crippen molar-refractivity contribution < 1.29 is 114 Å². The molecule has 5 saturated heterocycles. The van der Waals surface area contributed by atoms with Crippen molar-refractivity contribution in [2.45, 2.75) is 172 Å². The number of rotatable bonds is 16. The highest BCUT2D eigenvalue weighted by Crippen LogP contribution is 2.42. The Labute approximate surface area is 419 Å². The zero-order chi connectivity index (χ0) is 52.9. The Balaban J connectivity index is 1.27. The van der Waals surface area contributed by atoms with E-state index in [9.17, 15) is 38.7 Å². The molecule has 0 radical (unpaired) electrons. The van der Waals surface area contributed by atoms with Crippen LogP contribution in [0.15, 0.2) is 60.7 Å². The summed E-state index contributed by atoms with van der Waals surface area (Å²) in [6.45, 7) is 10.1. The third-order valence-corrected chi connectivity index (χ3v) is 12.1. The second-order valence-electron chi connectivity index (χ2n) is 18.4. The van der Waals surface area contributed by atoms with Crippen molar-refractivity contribution in [3.63, 3.8) is 0 Å². The molecule has 24 nitrogen and oxygen atoms in total. The predicted octanol–water partition coefficient (Wildman–Crippen LogP) is 1.97. The fourth-order valence-corrected chi connectivity index (χ4v) is 9.13. The summed E-state index contributed by atoms with van der Waals surface area (Å²) in [5.41, 5.74) is -1.87. The summed E-state index contributed by atoms with van der Waals surface area (Å²) >= 11 is 0. The summed E-state index contributed by atoms with van der Waals surface area (Å²) in [5.74, 6) is -7.29. The van der Waals surface area contributed by atoms with Gasteiger partial charge in [-0.15, -0.1) is 0 Å². The lowest BCUT2D eigenvalue weighted by molar-refractivity contribution is -0.371. The molecule has 0 bridgehead atoms. The van der Waals surface area contributed by atoms with Crippen molar-refractivity contribution in [1.29, 1.82) is 0 Å². The first-order chi connectivity index (χ1) is 34.5. The molecule has 0 aromatic heterocycles. The van der Waals surface area contributed by atoms with E-state index in [1.165, 1.54) is 31.2 Å². The maximum Gasteiger partial charge on any atom is 0.338 e. The van der Waals surface area contributed by atoms with Crippen LogP contribution in [0.25, 0.3) is 0 Å². The second kappa shape index (κ2) is 23.3. The standard InChI is InChI=1S/C49H60O24/c1-23-33(36(63-26(4)51)40(64-27(5)52)46(62-23)70-38-37-34(24(2)61-44(38)57)72-48(8,9)73-37)68-45-39(67-43(56)31-18-14-11-15-19-31)35(32(20-58-45)66-42(55)30-16-12-10-13-17-30)69-47-41(65-28(6)53)49(22-60-47,71-29(7)54)21-59-25(3)50/h10-19,23-24,32-41,44-47,57H,20-22H2,1-9H3/t23-,24+,32+,33-,34-,35-,36+,37-,38+,39+,40+,41-,44-,45-,46-,47-,49+/m0/s1. The number of carbonyl (C=O) groups excluding carboxylic acids is 7. The van der Waals surface area contributed by atoms with Crippen molar-refractivity contribution in [3.05, 3.63) is 71.8 Å². The molecule has 0 saturated carbocycles. The number of hydrogen-bond donors (Lipinski definition) is 1. The molecule has 0 unspecified atom stereocenters. The molecule has 7 rings (SSSR count). The highest BCUT2D eigenvalue weighted by molar-refractivity contribution is 5.90. The summed E-state index contributed by atoms with van der Waals surface area (Å²) < 4.78 is 96.4. The average molecular weight is 1030 g/mol. The number of carbonyl (C=O) groups is 7. The second-order valence-corrected chi connectivity index (χ2v) is 18.4. The van der Waals surface area contributed by atoms with E-state index < -0.39 is 171 Å². The normalized spacial score (nSPS) is 35.6. The fourth-order valence-electron chi connectivity index (χ4n) is 9.13. The van der Waals surface area contributed by atoms with Gasteiger partial charge in [-0.2, -0.15) is 0 Å². The third kappa shape index (κ3) is 13.2. The summed E-state index contributed by atoms with van der Waals surface area (Å²) in [4.78, 5) is 91.3. The number of esters is 7. The van der Waals surface area contributed by atoms with Crippen LogP contribution in [0.4, 0.5) is 0 Å². The molecule has 5 heterocycles. The first-order valence-electron chi connectivity index (χ1n) is 23.5. The molecule has 400 valence electrons. The van der Waals surface area contributed by atoms with Gasteiger partial charge >= 0.3 is 41.8 Å². The van der Waals surface area contributed by atoms with Gasteiger partial charge in [-0.3, -0.25) is 24.0 Å². The minimum absolute atomic E-state index is 0.0289. The molecule has 0 spiro atoms. The van der Waals surface area contributed by atoms with Crippen LogP contribution >= 0.6 is 0 Å². The Morgan fingerprint density at radius 3 is 1.70 bits per heavy atom. The quantitative estimate of drug-likeness (QED) is 0.186. The first-order valence-corrected chi connectivity index (χ1v) is 23.5. The van der Waals surface area contributed by atoms with Gasteiger partial charge in [-0.05, 0) is 52.0 Å².